The van der Waals surface area contributed by atoms with Gasteiger partial charge < -0.3 is 14.6 Å². The fraction of sp³-hybridized carbons (Fsp3) is 0.400. The summed E-state index contributed by atoms with van der Waals surface area (Å²) in [6.07, 6.45) is 3.49. The third kappa shape index (κ3) is 3.55. The minimum Gasteiger partial charge on any atom is -0.492 e. The number of ether oxygens (including phenoxy) is 2. The summed E-state index contributed by atoms with van der Waals surface area (Å²) in [6.45, 7) is 1.02. The second-order valence-electron chi connectivity index (χ2n) is 2.87. The van der Waals surface area contributed by atoms with Crippen LogP contribution in [0.2, 0.25) is 0 Å². The number of nitrogens with zero attached hydrogens (tertiary/aromatic N) is 1. The van der Waals surface area contributed by atoms with Crippen LogP contribution in [0.4, 0.5) is 0 Å². The normalized spacial score (nSPS) is 9.93. The molecule has 0 aliphatic carbocycles. The average Bonchev–Trinajstić information content (AvgIpc) is 2.25. The molecule has 0 atom stereocenters. The van der Waals surface area contributed by atoms with Crippen molar-refractivity contribution in [2.45, 2.75) is 6.42 Å². The van der Waals surface area contributed by atoms with E-state index >= 15 is 0 Å². The van der Waals surface area contributed by atoms with Crippen LogP contribution in [0.25, 0.3) is 0 Å². The maximum atomic E-state index is 10.8. The lowest BCUT2D eigenvalue weighted by atomic mass is 10.2. The first-order valence-corrected chi connectivity index (χ1v) is 4.54. The Hall–Kier alpha value is -1.62. The van der Waals surface area contributed by atoms with Gasteiger partial charge in [-0.2, -0.15) is 0 Å². The van der Waals surface area contributed by atoms with E-state index in [0.717, 1.165) is 6.42 Å². The molecule has 0 unspecified atom stereocenters. The van der Waals surface area contributed by atoms with Gasteiger partial charge in [0.15, 0.2) is 0 Å². The predicted molar refractivity (Wildman–Crippen MR) is 53.2 cm³/mol. The molecule has 1 aromatic heterocycles. The largest absolute Gasteiger partial charge is 0.492 e. The van der Waals surface area contributed by atoms with Gasteiger partial charge in [-0.1, -0.05) is 0 Å². The Morgan fingerprint density at radius 2 is 2.33 bits per heavy atom. The lowest BCUT2D eigenvalue weighted by Crippen LogP contribution is -2.06. The number of hydrogen-bond acceptors (Lipinski definition) is 4. The lowest BCUT2D eigenvalue weighted by molar-refractivity contribution is 0.0691. The molecule has 0 bridgehead atoms. The topological polar surface area (TPSA) is 68.7 Å². The van der Waals surface area contributed by atoms with E-state index in [0.29, 0.717) is 19.0 Å². The molecule has 1 aromatic rings. The molecule has 1 heterocycles. The quantitative estimate of drug-likeness (QED) is 0.716. The SMILES string of the molecule is COCCCOc1ccncc1C(=O)O. The molecule has 0 aromatic carbocycles. The molecule has 0 saturated carbocycles. The van der Waals surface area contributed by atoms with Crippen molar-refractivity contribution in [3.63, 3.8) is 0 Å². The number of carbonyl (C=O) groups is 1. The van der Waals surface area contributed by atoms with Gasteiger partial charge in [-0.05, 0) is 6.07 Å². The summed E-state index contributed by atoms with van der Waals surface area (Å²) in [4.78, 5) is 14.5. The fourth-order valence-corrected chi connectivity index (χ4v) is 1.05. The smallest absolute Gasteiger partial charge is 0.341 e. The van der Waals surface area contributed by atoms with E-state index in [4.69, 9.17) is 14.6 Å². The summed E-state index contributed by atoms with van der Waals surface area (Å²) in [5.41, 5.74) is 0.0786. The number of rotatable bonds is 6. The van der Waals surface area contributed by atoms with Crippen molar-refractivity contribution in [1.29, 1.82) is 0 Å². The van der Waals surface area contributed by atoms with Crippen LogP contribution in [-0.2, 0) is 4.74 Å². The van der Waals surface area contributed by atoms with Crippen LogP contribution in [0.3, 0.4) is 0 Å². The first-order chi connectivity index (χ1) is 7.25. The van der Waals surface area contributed by atoms with E-state index in [-0.39, 0.29) is 5.56 Å². The molecule has 1 rings (SSSR count). The highest BCUT2D eigenvalue weighted by Crippen LogP contribution is 2.16. The molecule has 5 nitrogen and oxygen atoms in total. The maximum absolute atomic E-state index is 10.8. The minimum atomic E-state index is -1.04. The maximum Gasteiger partial charge on any atom is 0.341 e. The highest BCUT2D eigenvalue weighted by Gasteiger charge is 2.10. The number of methoxy groups -OCH3 is 1. The second-order valence-corrected chi connectivity index (χ2v) is 2.87. The summed E-state index contributed by atoms with van der Waals surface area (Å²) in [5, 5.41) is 8.82. The molecule has 0 amide bonds. The van der Waals surface area contributed by atoms with Gasteiger partial charge in [0.1, 0.15) is 11.3 Å². The van der Waals surface area contributed by atoms with E-state index in [9.17, 15) is 4.79 Å². The van der Waals surface area contributed by atoms with E-state index < -0.39 is 5.97 Å². The minimum absolute atomic E-state index is 0.0786. The molecule has 0 saturated heterocycles. The second kappa shape index (κ2) is 5.98. The van der Waals surface area contributed by atoms with Crippen LogP contribution >= 0.6 is 0 Å². The van der Waals surface area contributed by atoms with E-state index in [1.807, 2.05) is 0 Å². The number of carboxylic acid groups (broad SMARTS) is 1. The van der Waals surface area contributed by atoms with Gasteiger partial charge in [-0.25, -0.2) is 4.79 Å². The van der Waals surface area contributed by atoms with Crippen molar-refractivity contribution in [1.82, 2.24) is 4.98 Å². The van der Waals surface area contributed by atoms with Crippen LogP contribution < -0.4 is 4.74 Å². The van der Waals surface area contributed by atoms with Crippen molar-refractivity contribution >= 4 is 5.97 Å². The molecule has 0 spiro atoms. The Balaban J connectivity index is 2.56. The molecule has 0 radical (unpaired) electrons. The van der Waals surface area contributed by atoms with Crippen LogP contribution in [-0.4, -0.2) is 36.4 Å². The van der Waals surface area contributed by atoms with Crippen molar-refractivity contribution in [2.24, 2.45) is 0 Å². The highest BCUT2D eigenvalue weighted by molar-refractivity contribution is 5.90. The highest BCUT2D eigenvalue weighted by atomic mass is 16.5. The van der Waals surface area contributed by atoms with E-state index in [1.165, 1.54) is 18.5 Å². The molecule has 0 aliphatic heterocycles. The van der Waals surface area contributed by atoms with Gasteiger partial charge in [0.2, 0.25) is 0 Å². The number of pyridine rings is 1. The molecule has 1 N–H and O–H groups in total. The predicted octanol–water partition coefficient (Wildman–Crippen LogP) is 1.20. The fourth-order valence-electron chi connectivity index (χ4n) is 1.05. The monoisotopic (exact) mass is 211 g/mol. The summed E-state index contributed by atoms with van der Waals surface area (Å²) >= 11 is 0. The Morgan fingerprint density at radius 3 is 3.00 bits per heavy atom. The standard InChI is InChI=1S/C10H13NO4/c1-14-5-2-6-15-9-3-4-11-7-8(9)10(12)13/h3-4,7H,2,5-6H2,1H3,(H,12,13). The molecule has 0 fully saturated rings. The molecule has 0 aliphatic rings. The number of aromatic carboxylic acids is 1. The number of aromatic nitrogens is 1. The van der Waals surface area contributed by atoms with Gasteiger partial charge in [0.05, 0.1) is 6.61 Å². The third-order valence-electron chi connectivity index (χ3n) is 1.76. The zero-order chi connectivity index (χ0) is 11.1. The lowest BCUT2D eigenvalue weighted by Gasteiger charge is -2.07. The van der Waals surface area contributed by atoms with Crippen molar-refractivity contribution in [3.8, 4) is 5.75 Å². The van der Waals surface area contributed by atoms with Gasteiger partial charge >= 0.3 is 5.97 Å². The van der Waals surface area contributed by atoms with Gasteiger partial charge in [-0.3, -0.25) is 4.98 Å². The van der Waals surface area contributed by atoms with Crippen molar-refractivity contribution < 1.29 is 19.4 Å². The van der Waals surface area contributed by atoms with E-state index in [2.05, 4.69) is 4.98 Å². The van der Waals surface area contributed by atoms with Gasteiger partial charge in [-0.15, -0.1) is 0 Å². The van der Waals surface area contributed by atoms with Crippen molar-refractivity contribution in [2.75, 3.05) is 20.3 Å². The Labute approximate surface area is 87.7 Å². The Kier molecular flexibility index (Phi) is 4.56. The van der Waals surface area contributed by atoms with Crippen molar-refractivity contribution in [3.05, 3.63) is 24.0 Å². The van der Waals surface area contributed by atoms with Crippen LogP contribution in [0.1, 0.15) is 16.8 Å². The first kappa shape index (κ1) is 11.5. The van der Waals surface area contributed by atoms with E-state index in [1.54, 1.807) is 7.11 Å². The Bertz CT molecular complexity index is 327. The van der Waals surface area contributed by atoms with Gasteiger partial charge in [0.25, 0.3) is 0 Å². The number of hydrogen-bond donors (Lipinski definition) is 1. The summed E-state index contributed by atoms with van der Waals surface area (Å²) in [6, 6.07) is 1.54. The van der Waals surface area contributed by atoms with Crippen LogP contribution in [0.5, 0.6) is 5.75 Å². The molecular formula is C10H13NO4. The average molecular weight is 211 g/mol. The summed E-state index contributed by atoms with van der Waals surface area (Å²) in [5.74, 6) is -0.696. The summed E-state index contributed by atoms with van der Waals surface area (Å²) < 4.78 is 10.1. The first-order valence-electron chi connectivity index (χ1n) is 4.54. The Morgan fingerprint density at radius 1 is 1.53 bits per heavy atom. The zero-order valence-electron chi connectivity index (χ0n) is 8.47. The third-order valence-corrected chi connectivity index (χ3v) is 1.76. The molecule has 5 heteroatoms. The summed E-state index contributed by atoms with van der Waals surface area (Å²) in [7, 11) is 1.61. The molecule has 15 heavy (non-hydrogen) atoms. The molecular weight excluding hydrogens is 198 g/mol. The number of carboxylic acids is 1. The van der Waals surface area contributed by atoms with Crippen LogP contribution in [0.15, 0.2) is 18.5 Å². The zero-order valence-corrected chi connectivity index (χ0v) is 8.47. The van der Waals surface area contributed by atoms with Crippen LogP contribution in [0, 0.1) is 0 Å². The van der Waals surface area contributed by atoms with Gasteiger partial charge in [0, 0.05) is 32.5 Å². The molecule has 82 valence electrons.